The molecule has 2 nitrogen and oxygen atoms in total. The van der Waals surface area contributed by atoms with Crippen LogP contribution in [0.1, 0.15) is 40.0 Å². The van der Waals surface area contributed by atoms with Crippen LogP contribution in [-0.2, 0) is 0 Å². The van der Waals surface area contributed by atoms with Crippen LogP contribution in [0.3, 0.4) is 0 Å². The molecular formula is C12H26N2. The summed E-state index contributed by atoms with van der Waals surface area (Å²) in [4.78, 5) is 2.54. The van der Waals surface area contributed by atoms with Gasteiger partial charge in [0.15, 0.2) is 0 Å². The first-order valence-corrected chi connectivity index (χ1v) is 6.11. The zero-order valence-electron chi connectivity index (χ0n) is 10.00. The van der Waals surface area contributed by atoms with Crippen LogP contribution in [0, 0.1) is 11.8 Å². The van der Waals surface area contributed by atoms with Crippen molar-refractivity contribution in [2.75, 3.05) is 19.6 Å². The van der Waals surface area contributed by atoms with E-state index in [0.717, 1.165) is 18.4 Å². The highest BCUT2D eigenvalue weighted by Gasteiger charge is 2.26. The van der Waals surface area contributed by atoms with E-state index in [4.69, 9.17) is 5.73 Å². The summed E-state index contributed by atoms with van der Waals surface area (Å²) in [6.07, 6.45) is 3.73. The van der Waals surface area contributed by atoms with Crippen molar-refractivity contribution in [3.63, 3.8) is 0 Å². The van der Waals surface area contributed by atoms with Crippen LogP contribution < -0.4 is 5.73 Å². The van der Waals surface area contributed by atoms with Gasteiger partial charge in [0.05, 0.1) is 0 Å². The fraction of sp³-hybridized carbons (Fsp3) is 1.00. The zero-order valence-corrected chi connectivity index (χ0v) is 10.00. The molecular weight excluding hydrogens is 172 g/mol. The summed E-state index contributed by atoms with van der Waals surface area (Å²) >= 11 is 0. The smallest absolute Gasteiger partial charge is 0.0167 e. The van der Waals surface area contributed by atoms with Crippen LogP contribution in [0.15, 0.2) is 0 Å². The van der Waals surface area contributed by atoms with Gasteiger partial charge < -0.3 is 10.6 Å². The van der Waals surface area contributed by atoms with Crippen molar-refractivity contribution in [2.45, 2.75) is 46.1 Å². The Morgan fingerprint density at radius 2 is 1.86 bits per heavy atom. The van der Waals surface area contributed by atoms with Gasteiger partial charge in [0.25, 0.3) is 0 Å². The van der Waals surface area contributed by atoms with Gasteiger partial charge in [-0.1, -0.05) is 33.6 Å². The number of hydrogen-bond donors (Lipinski definition) is 1. The van der Waals surface area contributed by atoms with Crippen molar-refractivity contribution < 1.29 is 0 Å². The molecule has 14 heavy (non-hydrogen) atoms. The van der Waals surface area contributed by atoms with Crippen molar-refractivity contribution in [1.82, 2.24) is 4.90 Å². The Morgan fingerprint density at radius 3 is 2.36 bits per heavy atom. The minimum absolute atomic E-state index is 0.396. The number of likely N-dealkylation sites (tertiary alicyclic amines) is 1. The third kappa shape index (κ3) is 3.58. The van der Waals surface area contributed by atoms with Crippen LogP contribution in [0.2, 0.25) is 0 Å². The van der Waals surface area contributed by atoms with Crippen molar-refractivity contribution in [3.8, 4) is 0 Å². The minimum atomic E-state index is 0.396. The summed E-state index contributed by atoms with van der Waals surface area (Å²) in [5.74, 6) is 1.71. The maximum atomic E-state index is 6.09. The van der Waals surface area contributed by atoms with Gasteiger partial charge in [0.2, 0.25) is 0 Å². The summed E-state index contributed by atoms with van der Waals surface area (Å²) in [5, 5.41) is 0. The molecule has 0 saturated carbocycles. The maximum Gasteiger partial charge on any atom is 0.0167 e. The zero-order chi connectivity index (χ0) is 10.6. The summed E-state index contributed by atoms with van der Waals surface area (Å²) in [6.45, 7) is 10.5. The highest BCUT2D eigenvalue weighted by molar-refractivity contribution is 4.80. The van der Waals surface area contributed by atoms with E-state index in [1.807, 2.05) is 0 Å². The van der Waals surface area contributed by atoms with Crippen LogP contribution >= 0.6 is 0 Å². The number of hydrogen-bond acceptors (Lipinski definition) is 2. The predicted molar refractivity (Wildman–Crippen MR) is 62.3 cm³/mol. The molecule has 1 saturated heterocycles. The lowest BCUT2D eigenvalue weighted by atomic mass is 10.0. The molecule has 0 spiro atoms. The third-order valence-electron chi connectivity index (χ3n) is 3.48. The van der Waals surface area contributed by atoms with E-state index in [1.54, 1.807) is 0 Å². The van der Waals surface area contributed by atoms with Crippen LogP contribution in [0.25, 0.3) is 0 Å². The number of nitrogens with zero attached hydrogens (tertiary/aromatic N) is 1. The van der Waals surface area contributed by atoms with Gasteiger partial charge in [-0.05, 0) is 18.3 Å². The fourth-order valence-electron chi connectivity index (χ4n) is 2.29. The quantitative estimate of drug-likeness (QED) is 0.733. The number of rotatable bonds is 5. The first-order chi connectivity index (χ1) is 6.63. The van der Waals surface area contributed by atoms with Crippen molar-refractivity contribution >= 4 is 0 Å². The lowest BCUT2D eigenvalue weighted by molar-refractivity contribution is 0.293. The summed E-state index contributed by atoms with van der Waals surface area (Å²) in [5.41, 5.74) is 6.09. The Morgan fingerprint density at radius 1 is 1.29 bits per heavy atom. The molecule has 1 aliphatic heterocycles. The molecule has 0 aromatic rings. The second-order valence-corrected chi connectivity index (χ2v) is 5.08. The topological polar surface area (TPSA) is 29.3 Å². The van der Waals surface area contributed by atoms with Gasteiger partial charge >= 0.3 is 0 Å². The van der Waals surface area contributed by atoms with E-state index in [9.17, 15) is 0 Å². The molecule has 0 aromatic carbocycles. The molecule has 2 heteroatoms. The van der Waals surface area contributed by atoms with E-state index < -0.39 is 0 Å². The molecule has 1 rings (SSSR count). The lowest BCUT2D eigenvalue weighted by Gasteiger charge is -2.20. The molecule has 0 amide bonds. The highest BCUT2D eigenvalue weighted by atomic mass is 15.2. The molecule has 2 N–H and O–H groups in total. The maximum absolute atomic E-state index is 6.09. The van der Waals surface area contributed by atoms with Gasteiger partial charge in [0.1, 0.15) is 0 Å². The van der Waals surface area contributed by atoms with E-state index in [1.165, 1.54) is 32.4 Å². The summed E-state index contributed by atoms with van der Waals surface area (Å²) in [6, 6.07) is 0.396. The standard InChI is InChI=1S/C12H26N2/c1-4-5-6-12(13)9-14-7-10(2)11(3)8-14/h10-12H,4-9,13H2,1-3H3. The third-order valence-corrected chi connectivity index (χ3v) is 3.48. The molecule has 0 aromatic heterocycles. The Balaban J connectivity index is 2.18. The molecule has 84 valence electrons. The number of nitrogens with two attached hydrogens (primary N) is 1. The Kier molecular flexibility index (Phi) is 4.90. The Bertz CT molecular complexity index is 148. The van der Waals surface area contributed by atoms with Gasteiger partial charge in [-0.2, -0.15) is 0 Å². The second-order valence-electron chi connectivity index (χ2n) is 5.08. The lowest BCUT2D eigenvalue weighted by Crippen LogP contribution is -2.36. The van der Waals surface area contributed by atoms with Crippen molar-refractivity contribution in [2.24, 2.45) is 17.6 Å². The molecule has 0 aliphatic carbocycles. The van der Waals surface area contributed by atoms with Gasteiger partial charge in [0, 0.05) is 25.7 Å². The summed E-state index contributed by atoms with van der Waals surface area (Å²) in [7, 11) is 0. The first kappa shape index (κ1) is 12.0. The molecule has 1 aliphatic rings. The van der Waals surface area contributed by atoms with E-state index >= 15 is 0 Å². The summed E-state index contributed by atoms with van der Waals surface area (Å²) < 4.78 is 0. The second kappa shape index (κ2) is 5.72. The van der Waals surface area contributed by atoms with E-state index in [2.05, 4.69) is 25.7 Å². The molecule has 0 bridgehead atoms. The predicted octanol–water partition coefficient (Wildman–Crippen LogP) is 2.09. The molecule has 3 atom stereocenters. The molecule has 1 fully saturated rings. The van der Waals surface area contributed by atoms with E-state index in [0.29, 0.717) is 6.04 Å². The number of unbranched alkanes of at least 4 members (excludes halogenated alkanes) is 1. The normalized spacial score (nSPS) is 30.9. The minimum Gasteiger partial charge on any atom is -0.327 e. The molecule has 1 heterocycles. The SMILES string of the molecule is CCCCC(N)CN1CC(C)C(C)C1. The van der Waals surface area contributed by atoms with Gasteiger partial charge in [-0.15, -0.1) is 0 Å². The molecule has 0 radical (unpaired) electrons. The average molecular weight is 198 g/mol. The van der Waals surface area contributed by atoms with Gasteiger partial charge in [-0.3, -0.25) is 0 Å². The Hall–Kier alpha value is -0.0800. The van der Waals surface area contributed by atoms with Gasteiger partial charge in [-0.25, -0.2) is 0 Å². The van der Waals surface area contributed by atoms with Crippen LogP contribution in [0.5, 0.6) is 0 Å². The fourth-order valence-corrected chi connectivity index (χ4v) is 2.29. The van der Waals surface area contributed by atoms with Crippen LogP contribution in [-0.4, -0.2) is 30.6 Å². The largest absolute Gasteiger partial charge is 0.327 e. The first-order valence-electron chi connectivity index (χ1n) is 6.11. The average Bonchev–Trinajstić information content (AvgIpc) is 2.42. The monoisotopic (exact) mass is 198 g/mol. The van der Waals surface area contributed by atoms with Crippen molar-refractivity contribution in [3.05, 3.63) is 0 Å². The molecule has 3 unspecified atom stereocenters. The highest BCUT2D eigenvalue weighted by Crippen LogP contribution is 2.22. The van der Waals surface area contributed by atoms with Crippen LogP contribution in [0.4, 0.5) is 0 Å². The van der Waals surface area contributed by atoms with Crippen molar-refractivity contribution in [1.29, 1.82) is 0 Å². The Labute approximate surface area is 88.8 Å². The van der Waals surface area contributed by atoms with E-state index in [-0.39, 0.29) is 0 Å².